The quantitative estimate of drug-likeness (QED) is 0.536. The summed E-state index contributed by atoms with van der Waals surface area (Å²) in [5, 5.41) is 14.2. The Morgan fingerprint density at radius 2 is 1.76 bits per heavy atom. The molecule has 0 aliphatic heterocycles. The molecule has 0 aliphatic carbocycles. The van der Waals surface area contributed by atoms with Gasteiger partial charge in [0.05, 0.1) is 11.9 Å². The van der Waals surface area contributed by atoms with E-state index in [9.17, 15) is 14.7 Å². The topological polar surface area (TPSA) is 84.2 Å². The third-order valence-corrected chi connectivity index (χ3v) is 4.76. The van der Waals surface area contributed by atoms with Crippen LogP contribution in [0.4, 0.5) is 5.69 Å². The summed E-state index contributed by atoms with van der Waals surface area (Å²) in [5.74, 6) is -1.10. The van der Waals surface area contributed by atoms with Crippen molar-refractivity contribution in [3.05, 3.63) is 99.4 Å². The van der Waals surface area contributed by atoms with E-state index in [-0.39, 0.29) is 12.1 Å². The number of nitrogens with zero attached hydrogens (tertiary/aromatic N) is 2. The number of hydrogen-bond acceptors (Lipinski definition) is 4. The number of aromatic hydroxyl groups is 1. The minimum Gasteiger partial charge on any atom is -0.506 e. The molecule has 0 radical (unpaired) electrons. The maximum atomic E-state index is 13.2. The van der Waals surface area contributed by atoms with Crippen LogP contribution in [0.25, 0.3) is 11.0 Å². The number of benzene rings is 2. The molecule has 2 aromatic carbocycles. The summed E-state index contributed by atoms with van der Waals surface area (Å²) in [5.41, 5.74) is 0.678. The van der Waals surface area contributed by atoms with E-state index < -0.39 is 17.2 Å². The van der Waals surface area contributed by atoms with E-state index in [1.165, 1.54) is 10.8 Å². The van der Waals surface area contributed by atoms with Gasteiger partial charge in [-0.1, -0.05) is 41.9 Å². The molecule has 0 spiro atoms. The minimum absolute atomic E-state index is 0.217. The summed E-state index contributed by atoms with van der Waals surface area (Å²) in [6.45, 7) is 0.217. The highest BCUT2D eigenvalue weighted by Gasteiger charge is 2.23. The normalized spacial score (nSPS) is 10.8. The van der Waals surface area contributed by atoms with E-state index in [4.69, 9.17) is 11.6 Å². The number of aromatic nitrogens is 2. The molecule has 2 aromatic heterocycles. The first-order valence-corrected chi connectivity index (χ1v) is 9.23. The Morgan fingerprint density at radius 1 is 1.03 bits per heavy atom. The van der Waals surface area contributed by atoms with E-state index in [1.54, 1.807) is 36.4 Å². The molecule has 0 atom stereocenters. The van der Waals surface area contributed by atoms with E-state index in [0.717, 1.165) is 5.56 Å². The van der Waals surface area contributed by atoms with Crippen LogP contribution in [-0.2, 0) is 6.54 Å². The lowest BCUT2D eigenvalue weighted by atomic mass is 10.1. The van der Waals surface area contributed by atoms with Crippen LogP contribution in [0.1, 0.15) is 15.9 Å². The molecule has 4 aromatic rings. The second-order valence-corrected chi connectivity index (χ2v) is 6.87. The minimum atomic E-state index is -0.706. The van der Waals surface area contributed by atoms with E-state index >= 15 is 0 Å². The number of carbonyl (C=O) groups is 1. The lowest BCUT2D eigenvalue weighted by Crippen LogP contribution is -2.30. The molecule has 4 rings (SSSR count). The van der Waals surface area contributed by atoms with Crippen molar-refractivity contribution in [1.82, 2.24) is 9.55 Å². The summed E-state index contributed by atoms with van der Waals surface area (Å²) in [6, 6.07) is 19.1. The lowest BCUT2D eigenvalue weighted by molar-refractivity contribution is 0.102. The van der Waals surface area contributed by atoms with Crippen molar-refractivity contribution >= 4 is 34.2 Å². The molecule has 1 amide bonds. The fourth-order valence-corrected chi connectivity index (χ4v) is 3.23. The van der Waals surface area contributed by atoms with Crippen molar-refractivity contribution < 1.29 is 9.90 Å². The SMILES string of the molecule is O=C(Nc1ccc(Cl)cc1)c1c(O)c2cccnc2n(Cc2ccccc2)c1=O. The molecule has 0 saturated carbocycles. The Kier molecular flexibility index (Phi) is 5.01. The summed E-state index contributed by atoms with van der Waals surface area (Å²) in [4.78, 5) is 30.3. The summed E-state index contributed by atoms with van der Waals surface area (Å²) >= 11 is 5.87. The van der Waals surface area contributed by atoms with Gasteiger partial charge in [-0.25, -0.2) is 4.98 Å². The molecule has 0 saturated heterocycles. The van der Waals surface area contributed by atoms with Crippen molar-refractivity contribution in [2.75, 3.05) is 5.32 Å². The largest absolute Gasteiger partial charge is 0.506 e. The first kappa shape index (κ1) is 18.7. The fourth-order valence-electron chi connectivity index (χ4n) is 3.11. The number of pyridine rings is 2. The van der Waals surface area contributed by atoms with E-state index in [0.29, 0.717) is 21.7 Å². The molecular formula is C22H16ClN3O3. The highest BCUT2D eigenvalue weighted by atomic mass is 35.5. The zero-order valence-electron chi connectivity index (χ0n) is 15.2. The number of halogens is 1. The van der Waals surface area contributed by atoms with Crippen LogP contribution in [-0.4, -0.2) is 20.6 Å². The second-order valence-electron chi connectivity index (χ2n) is 6.44. The van der Waals surface area contributed by atoms with Gasteiger partial charge in [0.25, 0.3) is 11.5 Å². The number of carbonyl (C=O) groups excluding carboxylic acids is 1. The smallest absolute Gasteiger partial charge is 0.269 e. The number of anilines is 1. The van der Waals surface area contributed by atoms with Crippen LogP contribution >= 0.6 is 11.6 Å². The van der Waals surface area contributed by atoms with Crippen LogP contribution in [0.5, 0.6) is 5.75 Å². The van der Waals surface area contributed by atoms with Crippen molar-refractivity contribution in [3.63, 3.8) is 0 Å². The molecule has 0 aliphatic rings. The Hall–Kier alpha value is -3.64. The average Bonchev–Trinajstić information content (AvgIpc) is 2.74. The van der Waals surface area contributed by atoms with E-state index in [1.807, 2.05) is 30.3 Å². The predicted molar refractivity (Wildman–Crippen MR) is 113 cm³/mol. The van der Waals surface area contributed by atoms with Crippen LogP contribution in [0.15, 0.2) is 77.7 Å². The fraction of sp³-hybridized carbons (Fsp3) is 0.0455. The van der Waals surface area contributed by atoms with Gasteiger partial charge in [-0.05, 0) is 42.0 Å². The molecule has 0 unspecified atom stereocenters. The molecule has 6 nitrogen and oxygen atoms in total. The number of amides is 1. The molecular weight excluding hydrogens is 390 g/mol. The average molecular weight is 406 g/mol. The van der Waals surface area contributed by atoms with Crippen LogP contribution < -0.4 is 10.9 Å². The third-order valence-electron chi connectivity index (χ3n) is 4.51. The molecule has 144 valence electrons. The van der Waals surface area contributed by atoms with Crippen molar-refractivity contribution in [2.24, 2.45) is 0 Å². The van der Waals surface area contributed by atoms with Gasteiger partial charge in [0.15, 0.2) is 0 Å². The second kappa shape index (κ2) is 7.77. The van der Waals surface area contributed by atoms with Crippen molar-refractivity contribution in [2.45, 2.75) is 6.54 Å². The Bertz CT molecular complexity index is 1250. The highest BCUT2D eigenvalue weighted by Crippen LogP contribution is 2.26. The monoisotopic (exact) mass is 405 g/mol. The van der Waals surface area contributed by atoms with Gasteiger partial charge < -0.3 is 10.4 Å². The number of hydrogen-bond donors (Lipinski definition) is 2. The van der Waals surface area contributed by atoms with Crippen molar-refractivity contribution in [3.8, 4) is 5.75 Å². The zero-order valence-corrected chi connectivity index (χ0v) is 15.9. The Balaban J connectivity index is 1.84. The standard InChI is InChI=1S/C22H16ClN3O3/c23-15-8-10-16(11-9-15)25-21(28)18-19(27)17-7-4-12-24-20(17)26(22(18)29)13-14-5-2-1-3-6-14/h1-12,27H,13H2,(H,25,28). The van der Waals surface area contributed by atoms with Gasteiger partial charge in [0, 0.05) is 16.9 Å². The summed E-state index contributed by atoms with van der Waals surface area (Å²) in [7, 11) is 0. The van der Waals surface area contributed by atoms with Crippen molar-refractivity contribution in [1.29, 1.82) is 0 Å². The number of nitrogens with one attached hydrogen (secondary N) is 1. The molecule has 2 N–H and O–H groups in total. The molecule has 0 fully saturated rings. The maximum absolute atomic E-state index is 13.2. The molecule has 29 heavy (non-hydrogen) atoms. The first-order chi connectivity index (χ1) is 14.0. The van der Waals surface area contributed by atoms with E-state index in [2.05, 4.69) is 10.3 Å². The van der Waals surface area contributed by atoms with Gasteiger partial charge >= 0.3 is 0 Å². The summed E-state index contributed by atoms with van der Waals surface area (Å²) in [6.07, 6.45) is 1.54. The molecule has 2 heterocycles. The van der Waals surface area contributed by atoms with Crippen LogP contribution in [0, 0.1) is 0 Å². The Morgan fingerprint density at radius 3 is 2.48 bits per heavy atom. The first-order valence-electron chi connectivity index (χ1n) is 8.86. The zero-order chi connectivity index (χ0) is 20.4. The molecule has 7 heteroatoms. The maximum Gasteiger partial charge on any atom is 0.269 e. The third kappa shape index (κ3) is 3.70. The number of fused-ring (bicyclic) bond motifs is 1. The van der Waals surface area contributed by atoms with Gasteiger partial charge in [0.2, 0.25) is 0 Å². The number of rotatable bonds is 4. The van der Waals surface area contributed by atoms with Gasteiger partial charge in [-0.2, -0.15) is 0 Å². The summed E-state index contributed by atoms with van der Waals surface area (Å²) < 4.78 is 1.39. The molecule has 0 bridgehead atoms. The van der Waals surface area contributed by atoms with Gasteiger partial charge in [-0.3, -0.25) is 14.2 Å². The van der Waals surface area contributed by atoms with Gasteiger partial charge in [-0.15, -0.1) is 0 Å². The van der Waals surface area contributed by atoms with Gasteiger partial charge in [0.1, 0.15) is 17.0 Å². The van der Waals surface area contributed by atoms with Crippen LogP contribution in [0.2, 0.25) is 5.02 Å². The lowest BCUT2D eigenvalue weighted by Gasteiger charge is -2.14. The highest BCUT2D eigenvalue weighted by molar-refractivity contribution is 6.30. The predicted octanol–water partition coefficient (Wildman–Crippen LogP) is 4.06. The van der Waals surface area contributed by atoms with Crippen LogP contribution in [0.3, 0.4) is 0 Å². The Labute approximate surface area is 171 Å².